The van der Waals surface area contributed by atoms with E-state index in [2.05, 4.69) is 36.3 Å². The zero-order valence-corrected chi connectivity index (χ0v) is 16.4. The van der Waals surface area contributed by atoms with E-state index in [1.54, 1.807) is 36.5 Å². The summed E-state index contributed by atoms with van der Waals surface area (Å²) in [5.74, 6) is -0.857. The molecular weight excluding hydrogens is 456 g/mol. The van der Waals surface area contributed by atoms with Crippen molar-refractivity contribution in [2.24, 2.45) is 0 Å². The minimum absolute atomic E-state index is 0.00853. The van der Waals surface area contributed by atoms with E-state index in [1.807, 2.05) is 0 Å². The summed E-state index contributed by atoms with van der Waals surface area (Å²) in [6.45, 7) is -3.03. The number of nitrogens with zero attached hydrogens (tertiary/aromatic N) is 1. The molecule has 2 amide bonds. The molecule has 0 aliphatic rings. The Morgan fingerprint density at radius 1 is 1.11 bits per heavy atom. The summed E-state index contributed by atoms with van der Waals surface area (Å²) in [6, 6.07) is 10.9. The number of hydrogen-bond donors (Lipinski definition) is 2. The Kier molecular flexibility index (Phi) is 6.32. The smallest absolute Gasteiger partial charge is 0.387 e. The van der Waals surface area contributed by atoms with Crippen molar-refractivity contribution in [3.8, 4) is 5.75 Å². The number of halogens is 3. The Hall–Kier alpha value is -2.85. The largest absolute Gasteiger partial charge is 0.433 e. The van der Waals surface area contributed by atoms with E-state index < -0.39 is 18.4 Å². The molecule has 0 saturated heterocycles. The van der Waals surface area contributed by atoms with Crippen molar-refractivity contribution in [1.29, 1.82) is 0 Å². The fraction of sp³-hybridized carbons (Fsp3) is 0.0556. The zero-order chi connectivity index (χ0) is 20.1. The lowest BCUT2D eigenvalue weighted by Gasteiger charge is -2.09. The van der Waals surface area contributed by atoms with Gasteiger partial charge in [-0.05, 0) is 57.7 Å². The molecule has 28 heavy (non-hydrogen) atoms. The highest BCUT2D eigenvalue weighted by atomic mass is 79.9. The number of carbonyl (C=O) groups is 2. The number of thiophene rings is 1. The van der Waals surface area contributed by atoms with Crippen molar-refractivity contribution in [2.75, 3.05) is 10.6 Å². The highest BCUT2D eigenvalue weighted by Crippen LogP contribution is 2.27. The summed E-state index contributed by atoms with van der Waals surface area (Å²) in [7, 11) is 0. The van der Waals surface area contributed by atoms with Gasteiger partial charge in [0, 0.05) is 21.9 Å². The lowest BCUT2D eigenvalue weighted by molar-refractivity contribution is -0.0498. The highest BCUT2D eigenvalue weighted by molar-refractivity contribution is 9.10. The Bertz CT molecular complexity index is 996. The molecule has 6 nitrogen and oxygen atoms in total. The number of aromatic nitrogens is 1. The molecule has 3 aromatic rings. The maximum absolute atomic E-state index is 12.4. The maximum atomic E-state index is 12.4. The second kappa shape index (κ2) is 8.89. The molecule has 1 aromatic carbocycles. The highest BCUT2D eigenvalue weighted by Gasteiger charge is 2.18. The van der Waals surface area contributed by atoms with Crippen molar-refractivity contribution in [3.63, 3.8) is 0 Å². The van der Waals surface area contributed by atoms with Gasteiger partial charge in [-0.1, -0.05) is 6.07 Å². The molecule has 2 aromatic heterocycles. The maximum Gasteiger partial charge on any atom is 0.387 e. The second-order valence-corrected chi connectivity index (χ2v) is 7.17. The molecule has 0 aliphatic heterocycles. The number of carbonyl (C=O) groups excluding carboxylic acids is 2. The molecule has 144 valence electrons. The topological polar surface area (TPSA) is 80.3 Å². The minimum Gasteiger partial charge on any atom is -0.433 e. The molecule has 0 radical (unpaired) electrons. The van der Waals surface area contributed by atoms with Crippen LogP contribution in [0.4, 0.5) is 20.3 Å². The van der Waals surface area contributed by atoms with Crippen LogP contribution >= 0.6 is 27.3 Å². The first-order chi connectivity index (χ1) is 13.4. The molecule has 2 N–H and O–H groups in total. The normalized spacial score (nSPS) is 10.6. The van der Waals surface area contributed by atoms with Crippen LogP contribution in [0.5, 0.6) is 5.75 Å². The Morgan fingerprint density at radius 2 is 1.93 bits per heavy atom. The average Bonchev–Trinajstić information content (AvgIpc) is 3.11. The SMILES string of the molecule is O=C(Nc1ccc(Br)cn1)c1cccc(NC(=O)c2sccc2OC(F)F)c1. The quantitative estimate of drug-likeness (QED) is 0.533. The standard InChI is InChI=1S/C18H12BrF2N3O3S/c19-11-4-5-14(22-9-11)24-16(25)10-2-1-3-12(8-10)23-17(26)15-13(6-7-28-15)27-18(20)21/h1-9,18H,(H,23,26)(H,22,24,25). The molecule has 0 fully saturated rings. The number of ether oxygens (including phenoxy) is 1. The summed E-state index contributed by atoms with van der Waals surface area (Å²) in [5, 5.41) is 6.68. The summed E-state index contributed by atoms with van der Waals surface area (Å²) in [5.41, 5.74) is 0.621. The molecule has 3 rings (SSSR count). The molecule has 2 heterocycles. The van der Waals surface area contributed by atoms with E-state index in [-0.39, 0.29) is 16.2 Å². The first-order valence-electron chi connectivity index (χ1n) is 7.79. The number of hydrogen-bond acceptors (Lipinski definition) is 5. The van der Waals surface area contributed by atoms with Gasteiger partial charge in [-0.3, -0.25) is 9.59 Å². The van der Waals surface area contributed by atoms with E-state index >= 15 is 0 Å². The van der Waals surface area contributed by atoms with Crippen LogP contribution in [0.15, 0.2) is 58.5 Å². The lowest BCUT2D eigenvalue weighted by Crippen LogP contribution is -2.15. The summed E-state index contributed by atoms with van der Waals surface area (Å²) in [4.78, 5) is 28.8. The van der Waals surface area contributed by atoms with Crippen molar-refractivity contribution in [3.05, 3.63) is 69.0 Å². The van der Waals surface area contributed by atoms with Crippen LogP contribution in [-0.4, -0.2) is 23.4 Å². The van der Waals surface area contributed by atoms with E-state index in [9.17, 15) is 18.4 Å². The first kappa shape index (κ1) is 19.9. The first-order valence-corrected chi connectivity index (χ1v) is 9.46. The van der Waals surface area contributed by atoms with E-state index in [1.165, 1.54) is 17.5 Å². The van der Waals surface area contributed by atoms with E-state index in [0.29, 0.717) is 11.5 Å². The van der Waals surface area contributed by atoms with Crippen LogP contribution in [0, 0.1) is 0 Å². The Morgan fingerprint density at radius 3 is 2.64 bits per heavy atom. The predicted molar refractivity (Wildman–Crippen MR) is 105 cm³/mol. The van der Waals surface area contributed by atoms with Crippen LogP contribution < -0.4 is 15.4 Å². The summed E-state index contributed by atoms with van der Waals surface area (Å²) < 4.78 is 29.9. The lowest BCUT2D eigenvalue weighted by atomic mass is 10.2. The van der Waals surface area contributed by atoms with Crippen LogP contribution in [-0.2, 0) is 0 Å². The van der Waals surface area contributed by atoms with Gasteiger partial charge in [-0.15, -0.1) is 11.3 Å². The van der Waals surface area contributed by atoms with Crippen molar-refractivity contribution >= 4 is 50.6 Å². The summed E-state index contributed by atoms with van der Waals surface area (Å²) in [6.07, 6.45) is 1.55. The number of amides is 2. The number of anilines is 2. The van der Waals surface area contributed by atoms with Crippen LogP contribution in [0.1, 0.15) is 20.0 Å². The fourth-order valence-corrected chi connectivity index (χ4v) is 3.17. The van der Waals surface area contributed by atoms with Gasteiger partial charge in [0.25, 0.3) is 11.8 Å². The van der Waals surface area contributed by atoms with Crippen LogP contribution in [0.3, 0.4) is 0 Å². The third-order valence-corrected chi connectivity index (χ3v) is 4.77. The van der Waals surface area contributed by atoms with E-state index in [4.69, 9.17) is 0 Å². The third-order valence-electron chi connectivity index (χ3n) is 3.40. The molecule has 10 heteroatoms. The van der Waals surface area contributed by atoms with Gasteiger partial charge >= 0.3 is 6.61 Å². The van der Waals surface area contributed by atoms with Gasteiger partial charge in [-0.2, -0.15) is 8.78 Å². The molecule has 0 bridgehead atoms. The predicted octanol–water partition coefficient (Wildman–Crippen LogP) is 5.01. The van der Waals surface area contributed by atoms with Crippen molar-refractivity contribution in [2.45, 2.75) is 6.61 Å². The number of alkyl halides is 2. The van der Waals surface area contributed by atoms with Crippen LogP contribution in [0.25, 0.3) is 0 Å². The van der Waals surface area contributed by atoms with Gasteiger partial charge in [0.05, 0.1) is 0 Å². The monoisotopic (exact) mass is 467 g/mol. The average molecular weight is 468 g/mol. The molecule has 0 spiro atoms. The van der Waals surface area contributed by atoms with Gasteiger partial charge < -0.3 is 15.4 Å². The van der Waals surface area contributed by atoms with Gasteiger partial charge in [0.15, 0.2) is 0 Å². The van der Waals surface area contributed by atoms with Crippen molar-refractivity contribution in [1.82, 2.24) is 4.98 Å². The van der Waals surface area contributed by atoms with Crippen LogP contribution in [0.2, 0.25) is 0 Å². The van der Waals surface area contributed by atoms with Gasteiger partial charge in [0.2, 0.25) is 0 Å². The van der Waals surface area contributed by atoms with Crippen molar-refractivity contribution < 1.29 is 23.1 Å². The number of pyridine rings is 1. The molecule has 0 aliphatic carbocycles. The Balaban J connectivity index is 1.71. The molecule has 0 atom stereocenters. The number of nitrogens with one attached hydrogen (secondary N) is 2. The number of rotatable bonds is 6. The third kappa shape index (κ3) is 5.11. The minimum atomic E-state index is -3.03. The second-order valence-electron chi connectivity index (χ2n) is 5.34. The molecule has 0 unspecified atom stereocenters. The fourth-order valence-electron chi connectivity index (χ4n) is 2.22. The summed E-state index contributed by atoms with van der Waals surface area (Å²) >= 11 is 4.23. The number of benzene rings is 1. The van der Waals surface area contributed by atoms with E-state index in [0.717, 1.165) is 15.8 Å². The Labute approximate surface area is 170 Å². The molecular formula is C18H12BrF2N3O3S. The zero-order valence-electron chi connectivity index (χ0n) is 14.0. The molecule has 0 saturated carbocycles. The van der Waals surface area contributed by atoms with Gasteiger partial charge in [-0.25, -0.2) is 4.98 Å². The van der Waals surface area contributed by atoms with Gasteiger partial charge in [0.1, 0.15) is 16.4 Å².